The van der Waals surface area contributed by atoms with E-state index in [1.54, 1.807) is 4.90 Å². The average Bonchev–Trinajstić information content (AvgIpc) is 3.32. The normalized spacial score (nSPS) is 23.2. The van der Waals surface area contributed by atoms with Crippen molar-refractivity contribution in [1.29, 1.82) is 0 Å². The van der Waals surface area contributed by atoms with Crippen molar-refractivity contribution in [3.63, 3.8) is 0 Å². The number of hydrogen-bond donors (Lipinski definition) is 0. The molecule has 2 unspecified atom stereocenters. The third kappa shape index (κ3) is 4.28. The van der Waals surface area contributed by atoms with Gasteiger partial charge < -0.3 is 19.3 Å². The Morgan fingerprint density at radius 3 is 2.84 bits per heavy atom. The second kappa shape index (κ2) is 8.74. The van der Waals surface area contributed by atoms with Crippen molar-refractivity contribution < 1.29 is 19.1 Å². The SMILES string of the molecule is O=C(C1CC(=O)N(c2cccc(Br)c2)C1)N1CCSC(c2ccc3c(c2)OCO3)CC1. The number of hydrogen-bond acceptors (Lipinski definition) is 5. The molecule has 162 valence electrons. The molecule has 0 saturated carbocycles. The topological polar surface area (TPSA) is 59.1 Å². The Balaban J connectivity index is 1.23. The van der Waals surface area contributed by atoms with Gasteiger partial charge in [0.05, 0.1) is 5.92 Å². The molecular formula is C23H23BrN2O4S. The molecule has 0 aromatic heterocycles. The van der Waals surface area contributed by atoms with Crippen LogP contribution in [0, 0.1) is 5.92 Å². The van der Waals surface area contributed by atoms with Crippen LogP contribution in [0.4, 0.5) is 5.69 Å². The van der Waals surface area contributed by atoms with Crippen LogP contribution in [0.3, 0.4) is 0 Å². The highest BCUT2D eigenvalue weighted by Gasteiger charge is 2.38. The number of benzene rings is 2. The third-order valence-corrected chi connectivity index (χ3v) is 7.84. The van der Waals surface area contributed by atoms with Crippen molar-refractivity contribution in [2.45, 2.75) is 18.1 Å². The number of fused-ring (bicyclic) bond motifs is 1. The van der Waals surface area contributed by atoms with Gasteiger partial charge in [-0.15, -0.1) is 0 Å². The molecule has 2 amide bonds. The Morgan fingerprint density at radius 2 is 1.97 bits per heavy atom. The molecule has 5 rings (SSSR count). The van der Waals surface area contributed by atoms with E-state index < -0.39 is 0 Å². The molecule has 3 aliphatic heterocycles. The number of halogens is 1. The summed E-state index contributed by atoms with van der Waals surface area (Å²) >= 11 is 5.33. The third-order valence-electron chi connectivity index (χ3n) is 6.02. The Morgan fingerprint density at radius 1 is 1.10 bits per heavy atom. The van der Waals surface area contributed by atoms with Gasteiger partial charge in [-0.05, 0) is 42.3 Å². The standard InChI is InChI=1S/C23H23BrN2O4S/c24-17-2-1-3-18(12-17)26-13-16(11-22(26)27)23(28)25-7-6-21(31-9-8-25)15-4-5-19-20(10-15)30-14-29-19/h1-5,10,12,16,21H,6-9,11,13-14H2. The molecule has 2 fully saturated rings. The number of anilines is 1. The lowest BCUT2D eigenvalue weighted by Crippen LogP contribution is -2.38. The molecule has 2 aromatic rings. The zero-order valence-corrected chi connectivity index (χ0v) is 19.4. The van der Waals surface area contributed by atoms with Gasteiger partial charge in [-0.1, -0.05) is 28.1 Å². The van der Waals surface area contributed by atoms with Crippen LogP contribution in [0.25, 0.3) is 0 Å². The summed E-state index contributed by atoms with van der Waals surface area (Å²) in [5.74, 6) is 2.30. The molecule has 8 heteroatoms. The minimum absolute atomic E-state index is 0.0129. The van der Waals surface area contributed by atoms with Crippen LogP contribution in [0.15, 0.2) is 46.9 Å². The second-order valence-corrected chi connectivity index (χ2v) is 10.2. The molecule has 0 spiro atoms. The predicted molar refractivity (Wildman–Crippen MR) is 124 cm³/mol. The van der Waals surface area contributed by atoms with E-state index in [9.17, 15) is 9.59 Å². The lowest BCUT2D eigenvalue weighted by Gasteiger charge is -2.24. The maximum absolute atomic E-state index is 13.2. The molecule has 3 heterocycles. The van der Waals surface area contributed by atoms with E-state index in [4.69, 9.17) is 9.47 Å². The zero-order chi connectivity index (χ0) is 21.4. The van der Waals surface area contributed by atoms with Gasteiger partial charge in [0.2, 0.25) is 18.6 Å². The number of ether oxygens (including phenoxy) is 2. The summed E-state index contributed by atoms with van der Waals surface area (Å²) in [7, 11) is 0. The first-order valence-corrected chi connectivity index (χ1v) is 12.3. The van der Waals surface area contributed by atoms with Crippen LogP contribution in [-0.2, 0) is 9.59 Å². The van der Waals surface area contributed by atoms with Crippen LogP contribution in [-0.4, -0.2) is 48.9 Å². The van der Waals surface area contributed by atoms with Crippen molar-refractivity contribution in [3.8, 4) is 11.5 Å². The van der Waals surface area contributed by atoms with Gasteiger partial charge >= 0.3 is 0 Å². The minimum atomic E-state index is -0.279. The molecule has 31 heavy (non-hydrogen) atoms. The van der Waals surface area contributed by atoms with Crippen molar-refractivity contribution in [2.24, 2.45) is 5.92 Å². The van der Waals surface area contributed by atoms with Gasteiger partial charge in [0.1, 0.15) is 0 Å². The van der Waals surface area contributed by atoms with Crippen LogP contribution < -0.4 is 14.4 Å². The molecular weight excluding hydrogens is 480 g/mol. The highest BCUT2D eigenvalue weighted by molar-refractivity contribution is 9.10. The van der Waals surface area contributed by atoms with E-state index in [-0.39, 0.29) is 30.9 Å². The minimum Gasteiger partial charge on any atom is -0.454 e. The Bertz CT molecular complexity index is 1020. The van der Waals surface area contributed by atoms with E-state index in [1.165, 1.54) is 5.56 Å². The summed E-state index contributed by atoms with van der Waals surface area (Å²) in [4.78, 5) is 29.5. The number of nitrogens with zero attached hydrogens (tertiary/aromatic N) is 2. The van der Waals surface area contributed by atoms with E-state index >= 15 is 0 Å². The summed E-state index contributed by atoms with van der Waals surface area (Å²) in [5, 5.41) is 0.315. The highest BCUT2D eigenvalue weighted by atomic mass is 79.9. The van der Waals surface area contributed by atoms with E-state index in [0.717, 1.165) is 33.8 Å². The summed E-state index contributed by atoms with van der Waals surface area (Å²) in [5.41, 5.74) is 2.05. The van der Waals surface area contributed by atoms with Crippen LogP contribution in [0.2, 0.25) is 0 Å². The Kier molecular flexibility index (Phi) is 5.84. The van der Waals surface area contributed by atoms with Gasteiger partial charge in [0.15, 0.2) is 11.5 Å². The summed E-state index contributed by atoms with van der Waals surface area (Å²) in [6.07, 6.45) is 1.16. The molecule has 2 atom stereocenters. The summed E-state index contributed by atoms with van der Waals surface area (Å²) in [6, 6.07) is 13.8. The second-order valence-electron chi connectivity index (χ2n) is 7.97. The first kappa shape index (κ1) is 20.7. The summed E-state index contributed by atoms with van der Waals surface area (Å²) < 4.78 is 11.8. The fraction of sp³-hybridized carbons (Fsp3) is 0.391. The van der Waals surface area contributed by atoms with E-state index in [0.29, 0.717) is 24.9 Å². The molecule has 0 N–H and O–H groups in total. The average molecular weight is 503 g/mol. The molecule has 3 aliphatic rings. The maximum Gasteiger partial charge on any atom is 0.231 e. The number of amides is 2. The van der Waals surface area contributed by atoms with Gasteiger partial charge in [0.25, 0.3) is 0 Å². The fourth-order valence-electron chi connectivity index (χ4n) is 4.39. The Labute approximate surface area is 194 Å². The van der Waals surface area contributed by atoms with E-state index in [2.05, 4.69) is 28.1 Å². The first-order chi connectivity index (χ1) is 15.1. The van der Waals surface area contributed by atoms with Gasteiger partial charge in [-0.2, -0.15) is 11.8 Å². The van der Waals surface area contributed by atoms with Crippen LogP contribution in [0.1, 0.15) is 23.7 Å². The Hall–Kier alpha value is -2.19. The fourth-order valence-corrected chi connectivity index (χ4v) is 6.00. The molecule has 0 aliphatic carbocycles. The number of rotatable bonds is 3. The van der Waals surface area contributed by atoms with Gasteiger partial charge in [-0.3, -0.25) is 9.59 Å². The highest BCUT2D eigenvalue weighted by Crippen LogP contribution is 2.40. The number of carbonyl (C=O) groups excluding carboxylic acids is 2. The number of carbonyl (C=O) groups is 2. The summed E-state index contributed by atoms with van der Waals surface area (Å²) in [6.45, 7) is 2.14. The number of thioether (sulfide) groups is 1. The van der Waals surface area contributed by atoms with Gasteiger partial charge in [0, 0.05) is 47.2 Å². The molecule has 0 bridgehead atoms. The van der Waals surface area contributed by atoms with Crippen LogP contribution >= 0.6 is 27.7 Å². The van der Waals surface area contributed by atoms with E-state index in [1.807, 2.05) is 47.0 Å². The molecule has 2 aromatic carbocycles. The first-order valence-electron chi connectivity index (χ1n) is 10.4. The van der Waals surface area contributed by atoms with Crippen LogP contribution in [0.5, 0.6) is 11.5 Å². The maximum atomic E-state index is 13.2. The zero-order valence-electron chi connectivity index (χ0n) is 17.0. The predicted octanol–water partition coefficient (Wildman–Crippen LogP) is 4.24. The van der Waals surface area contributed by atoms with Crippen molar-refractivity contribution in [1.82, 2.24) is 4.90 Å². The van der Waals surface area contributed by atoms with Crippen molar-refractivity contribution >= 4 is 45.2 Å². The van der Waals surface area contributed by atoms with Gasteiger partial charge in [-0.25, -0.2) is 0 Å². The molecule has 6 nitrogen and oxygen atoms in total. The van der Waals surface area contributed by atoms with Crippen molar-refractivity contribution in [3.05, 3.63) is 52.5 Å². The molecule has 2 saturated heterocycles. The quantitative estimate of drug-likeness (QED) is 0.628. The lowest BCUT2D eigenvalue weighted by atomic mass is 10.1. The lowest BCUT2D eigenvalue weighted by molar-refractivity contribution is -0.135. The largest absolute Gasteiger partial charge is 0.454 e. The smallest absolute Gasteiger partial charge is 0.231 e. The monoisotopic (exact) mass is 502 g/mol. The molecule has 0 radical (unpaired) electrons. The van der Waals surface area contributed by atoms with Crippen molar-refractivity contribution in [2.75, 3.05) is 37.1 Å².